The normalized spacial score (nSPS) is 12.2. The maximum Gasteiger partial charge on any atom is 0.332 e. The van der Waals surface area contributed by atoms with Gasteiger partial charge in [0.15, 0.2) is 0 Å². The number of carbonyl (C=O) groups is 1. The largest absolute Gasteiger partial charge is 0.383 e. The zero-order valence-corrected chi connectivity index (χ0v) is 24.6. The monoisotopic (exact) mass is 600 g/mol. The van der Waals surface area contributed by atoms with Crippen LogP contribution in [0.5, 0.6) is 0 Å². The molecule has 1 aliphatic rings. The van der Waals surface area contributed by atoms with Crippen LogP contribution >= 0.6 is 0 Å². The van der Waals surface area contributed by atoms with Crippen LogP contribution in [0.4, 0.5) is 16.0 Å². The molecule has 228 valence electrons. The Hall–Kier alpha value is -4.97. The summed E-state index contributed by atoms with van der Waals surface area (Å²) in [5.74, 6) is -0.129. The van der Waals surface area contributed by atoms with Gasteiger partial charge in [0.05, 0.1) is 24.4 Å². The van der Waals surface area contributed by atoms with Gasteiger partial charge in [-0.1, -0.05) is 13.0 Å². The predicted molar refractivity (Wildman–Crippen MR) is 165 cm³/mol. The van der Waals surface area contributed by atoms with Gasteiger partial charge in [-0.2, -0.15) is 0 Å². The molecular weight excluding hydrogens is 567 g/mol. The lowest BCUT2D eigenvalue weighted by molar-refractivity contribution is 0.0985. The van der Waals surface area contributed by atoms with Crippen LogP contribution in [0, 0.1) is 5.82 Å². The SMILES string of the molecule is CCCn1c(=O)c2c(n(CCOC)c1=O)N=C(c1ccc(N(CCCn3ccccc3=O)C(=O)c3ccc(F)cc3)nc1)C2. The van der Waals surface area contributed by atoms with E-state index in [2.05, 4.69) is 9.98 Å². The maximum atomic E-state index is 13.6. The van der Waals surface area contributed by atoms with E-state index >= 15 is 0 Å². The summed E-state index contributed by atoms with van der Waals surface area (Å²) in [5.41, 5.74) is 1.05. The number of amides is 1. The first kappa shape index (κ1) is 30.5. The number of nitrogens with zero attached hydrogens (tertiary/aromatic N) is 6. The summed E-state index contributed by atoms with van der Waals surface area (Å²) in [6, 6.07) is 13.6. The van der Waals surface area contributed by atoms with Gasteiger partial charge in [0.2, 0.25) is 5.56 Å². The smallest absolute Gasteiger partial charge is 0.332 e. The van der Waals surface area contributed by atoms with Crippen LogP contribution in [0.2, 0.25) is 0 Å². The van der Waals surface area contributed by atoms with Crippen molar-refractivity contribution in [3.63, 3.8) is 0 Å². The number of aliphatic imine (C=N–C) groups is 1. The third kappa shape index (κ3) is 6.35. The van der Waals surface area contributed by atoms with Gasteiger partial charge in [-0.3, -0.25) is 28.4 Å². The quantitative estimate of drug-likeness (QED) is 0.246. The van der Waals surface area contributed by atoms with E-state index in [0.29, 0.717) is 60.0 Å². The molecule has 44 heavy (non-hydrogen) atoms. The first-order chi connectivity index (χ1) is 21.3. The molecule has 0 aliphatic carbocycles. The van der Waals surface area contributed by atoms with Crippen LogP contribution in [0.1, 0.15) is 41.3 Å². The second-order valence-corrected chi connectivity index (χ2v) is 10.4. The Kier molecular flexibility index (Phi) is 9.39. The summed E-state index contributed by atoms with van der Waals surface area (Å²) in [4.78, 5) is 62.7. The van der Waals surface area contributed by atoms with Crippen molar-refractivity contribution in [1.82, 2.24) is 18.7 Å². The van der Waals surface area contributed by atoms with Crippen molar-refractivity contribution < 1.29 is 13.9 Å². The Bertz CT molecular complexity index is 1860. The van der Waals surface area contributed by atoms with Crippen molar-refractivity contribution in [2.24, 2.45) is 4.99 Å². The number of halogens is 1. The highest BCUT2D eigenvalue weighted by molar-refractivity contribution is 6.07. The van der Waals surface area contributed by atoms with Crippen molar-refractivity contribution in [1.29, 1.82) is 0 Å². The van der Waals surface area contributed by atoms with Crippen molar-refractivity contribution in [3.8, 4) is 0 Å². The van der Waals surface area contributed by atoms with E-state index in [0.717, 1.165) is 0 Å². The lowest BCUT2D eigenvalue weighted by Crippen LogP contribution is -2.41. The molecule has 0 unspecified atom stereocenters. The van der Waals surface area contributed by atoms with Crippen LogP contribution < -0.4 is 21.7 Å². The highest BCUT2D eigenvalue weighted by Gasteiger charge is 2.26. The number of hydrogen-bond acceptors (Lipinski definition) is 7. The summed E-state index contributed by atoms with van der Waals surface area (Å²) >= 11 is 0. The van der Waals surface area contributed by atoms with Gasteiger partial charge in [-0.05, 0) is 55.3 Å². The van der Waals surface area contributed by atoms with Crippen LogP contribution in [-0.2, 0) is 30.8 Å². The van der Waals surface area contributed by atoms with E-state index in [4.69, 9.17) is 4.74 Å². The van der Waals surface area contributed by atoms with Gasteiger partial charge in [-0.15, -0.1) is 0 Å². The number of aryl methyl sites for hydroxylation is 1. The van der Waals surface area contributed by atoms with Crippen molar-refractivity contribution in [2.75, 3.05) is 25.2 Å². The fourth-order valence-corrected chi connectivity index (χ4v) is 5.16. The number of hydrogen-bond donors (Lipinski definition) is 0. The minimum Gasteiger partial charge on any atom is -0.383 e. The highest BCUT2D eigenvalue weighted by Crippen LogP contribution is 2.26. The standard InChI is InChI=1S/C32H33FN6O5/c1-3-14-39-31(42)25-20-26(35-29(25)38(32(39)43)18-19-44-2)23-10-13-27(34-21-23)37(30(41)22-8-11-24(33)12-9-22)17-6-16-36-15-5-4-7-28(36)40/h4-5,7-13,15,21H,3,6,14,16-20H2,1-2H3. The minimum absolute atomic E-state index is 0.140. The molecule has 1 aliphatic heterocycles. The molecule has 5 rings (SSSR count). The van der Waals surface area contributed by atoms with E-state index in [-0.39, 0.29) is 43.1 Å². The van der Waals surface area contributed by atoms with Crippen LogP contribution in [0.15, 0.2) is 86.4 Å². The first-order valence-corrected chi connectivity index (χ1v) is 14.4. The number of methoxy groups -OCH3 is 1. The topological polar surface area (TPSA) is 121 Å². The second-order valence-electron chi connectivity index (χ2n) is 10.4. The Morgan fingerprint density at radius 1 is 1.00 bits per heavy atom. The molecular formula is C32H33FN6O5. The fraction of sp³-hybridized carbons (Fsp3) is 0.312. The third-order valence-electron chi connectivity index (χ3n) is 7.42. The van der Waals surface area contributed by atoms with E-state index in [1.54, 1.807) is 48.3 Å². The Morgan fingerprint density at radius 3 is 2.48 bits per heavy atom. The number of anilines is 1. The molecule has 12 heteroatoms. The van der Waals surface area contributed by atoms with Gasteiger partial charge >= 0.3 is 5.69 Å². The Morgan fingerprint density at radius 2 is 1.80 bits per heavy atom. The number of aromatic nitrogens is 4. The van der Waals surface area contributed by atoms with E-state index in [9.17, 15) is 23.6 Å². The molecule has 0 saturated carbocycles. The van der Waals surface area contributed by atoms with Crippen molar-refractivity contribution in [3.05, 3.63) is 121 Å². The number of fused-ring (bicyclic) bond motifs is 1. The third-order valence-corrected chi connectivity index (χ3v) is 7.42. The zero-order chi connectivity index (χ0) is 31.2. The molecule has 0 atom stereocenters. The predicted octanol–water partition coefficient (Wildman–Crippen LogP) is 3.18. The van der Waals surface area contributed by atoms with Gasteiger partial charge in [-0.25, -0.2) is 19.2 Å². The summed E-state index contributed by atoms with van der Waals surface area (Å²) in [7, 11) is 1.54. The summed E-state index contributed by atoms with van der Waals surface area (Å²) < 4.78 is 23.0. The number of rotatable bonds is 12. The average Bonchev–Trinajstić information content (AvgIpc) is 3.48. The van der Waals surface area contributed by atoms with Crippen molar-refractivity contribution >= 4 is 23.3 Å². The summed E-state index contributed by atoms with van der Waals surface area (Å²) in [6.07, 6.45) is 4.59. The molecule has 0 saturated heterocycles. The molecule has 0 radical (unpaired) electrons. The van der Waals surface area contributed by atoms with Gasteiger partial charge < -0.3 is 9.30 Å². The van der Waals surface area contributed by atoms with Gasteiger partial charge in [0.25, 0.3) is 11.5 Å². The maximum absolute atomic E-state index is 13.6. The number of carbonyl (C=O) groups excluding carboxylic acids is 1. The van der Waals surface area contributed by atoms with Crippen LogP contribution in [0.3, 0.4) is 0 Å². The molecule has 4 heterocycles. The van der Waals surface area contributed by atoms with Crippen LogP contribution in [0.25, 0.3) is 0 Å². The van der Waals surface area contributed by atoms with E-state index in [1.807, 2.05) is 6.92 Å². The molecule has 1 aromatic carbocycles. The summed E-state index contributed by atoms with van der Waals surface area (Å²) in [5, 5.41) is 0. The highest BCUT2D eigenvalue weighted by atomic mass is 19.1. The second kappa shape index (κ2) is 13.6. The molecule has 11 nitrogen and oxygen atoms in total. The van der Waals surface area contributed by atoms with Gasteiger partial charge in [0.1, 0.15) is 17.5 Å². The van der Waals surface area contributed by atoms with Crippen molar-refractivity contribution in [2.45, 2.75) is 45.8 Å². The molecule has 3 aromatic heterocycles. The number of benzene rings is 1. The Balaban J connectivity index is 1.43. The lowest BCUT2D eigenvalue weighted by Gasteiger charge is -2.22. The molecule has 4 aromatic rings. The molecule has 0 spiro atoms. The number of ether oxygens (including phenoxy) is 1. The first-order valence-electron chi connectivity index (χ1n) is 14.4. The molecule has 0 bridgehead atoms. The minimum atomic E-state index is -0.452. The van der Waals surface area contributed by atoms with E-state index < -0.39 is 11.5 Å². The molecule has 0 fully saturated rings. The van der Waals surface area contributed by atoms with E-state index in [1.165, 1.54) is 44.4 Å². The molecule has 0 N–H and O–H groups in total. The fourth-order valence-electron chi connectivity index (χ4n) is 5.16. The van der Waals surface area contributed by atoms with Gasteiger partial charge in [0, 0.05) is 62.8 Å². The summed E-state index contributed by atoms with van der Waals surface area (Å²) in [6.45, 7) is 3.39. The lowest BCUT2D eigenvalue weighted by atomic mass is 10.1. The van der Waals surface area contributed by atoms with Crippen LogP contribution in [-0.4, -0.2) is 50.6 Å². The molecule has 1 amide bonds. The number of pyridine rings is 2. The zero-order valence-electron chi connectivity index (χ0n) is 24.6. The Labute approximate surface area is 252 Å². The average molecular weight is 601 g/mol.